The Hall–Kier alpha value is -4.14. The largest absolute Gasteiger partial charge is 0.493 e. The van der Waals surface area contributed by atoms with Crippen molar-refractivity contribution in [2.24, 2.45) is 0 Å². The number of methoxy groups -OCH3 is 2. The predicted octanol–water partition coefficient (Wildman–Crippen LogP) is 3.23. The number of ether oxygens (including phenoxy) is 2. The molecule has 0 fully saturated rings. The molecule has 4 rings (SSSR count). The van der Waals surface area contributed by atoms with E-state index in [1.807, 2.05) is 38.1 Å². The van der Waals surface area contributed by atoms with Gasteiger partial charge in [-0.2, -0.15) is 0 Å². The first-order valence-electron chi connectivity index (χ1n) is 12.0. The smallest absolute Gasteiger partial charge is 0.267 e. The number of carbonyl (C=O) groups excluding carboxylic acids is 1. The second-order valence-corrected chi connectivity index (χ2v) is 8.65. The van der Waals surface area contributed by atoms with Gasteiger partial charge in [0, 0.05) is 19.3 Å². The number of fused-ring (bicyclic) bond motifs is 2. The molecular formula is C27H31N5O4. The van der Waals surface area contributed by atoms with Gasteiger partial charge in [-0.1, -0.05) is 25.5 Å². The van der Waals surface area contributed by atoms with Crippen LogP contribution in [0.2, 0.25) is 0 Å². The van der Waals surface area contributed by atoms with Crippen molar-refractivity contribution in [3.8, 4) is 11.5 Å². The number of aromatic nitrogens is 3. The zero-order valence-electron chi connectivity index (χ0n) is 21.1. The van der Waals surface area contributed by atoms with Crippen LogP contribution in [0.25, 0.3) is 16.7 Å². The molecule has 0 aliphatic heterocycles. The van der Waals surface area contributed by atoms with Crippen molar-refractivity contribution in [1.29, 1.82) is 5.41 Å². The highest BCUT2D eigenvalue weighted by molar-refractivity contribution is 5.96. The molecule has 9 nitrogen and oxygen atoms in total. The normalized spacial score (nSPS) is 11.1. The number of carbonyl (C=O) groups is 1. The fourth-order valence-corrected chi connectivity index (χ4v) is 4.24. The quantitative estimate of drug-likeness (QED) is 0.277. The molecule has 0 saturated heterocycles. The van der Waals surface area contributed by atoms with Gasteiger partial charge in [-0.3, -0.25) is 19.4 Å². The number of unbranched alkanes of at least 4 members (excludes halogenated alkanes) is 1. The molecule has 0 aliphatic rings. The molecule has 36 heavy (non-hydrogen) atoms. The van der Waals surface area contributed by atoms with Gasteiger partial charge in [0.25, 0.3) is 11.5 Å². The van der Waals surface area contributed by atoms with Crippen LogP contribution in [0.3, 0.4) is 0 Å². The summed E-state index contributed by atoms with van der Waals surface area (Å²) >= 11 is 0. The third-order valence-electron chi connectivity index (χ3n) is 6.27. The van der Waals surface area contributed by atoms with Gasteiger partial charge in [-0.15, -0.1) is 0 Å². The van der Waals surface area contributed by atoms with Crippen molar-refractivity contribution < 1.29 is 14.3 Å². The van der Waals surface area contributed by atoms with Crippen LogP contribution in [0, 0.1) is 12.3 Å². The first kappa shape index (κ1) is 25.0. The van der Waals surface area contributed by atoms with Gasteiger partial charge in [-0.25, -0.2) is 4.98 Å². The van der Waals surface area contributed by atoms with Crippen LogP contribution in [0.5, 0.6) is 11.5 Å². The Labute approximate surface area is 208 Å². The van der Waals surface area contributed by atoms with E-state index in [0.29, 0.717) is 47.7 Å². The summed E-state index contributed by atoms with van der Waals surface area (Å²) in [4.78, 5) is 31.2. The van der Waals surface area contributed by atoms with Crippen LogP contribution >= 0.6 is 0 Å². The molecule has 0 radical (unpaired) electrons. The van der Waals surface area contributed by atoms with E-state index < -0.39 is 0 Å². The molecular weight excluding hydrogens is 458 g/mol. The van der Waals surface area contributed by atoms with E-state index in [9.17, 15) is 9.59 Å². The van der Waals surface area contributed by atoms with Crippen LogP contribution in [0.15, 0.2) is 47.4 Å². The molecule has 0 atom stereocenters. The number of aryl methyl sites for hydroxylation is 3. The summed E-state index contributed by atoms with van der Waals surface area (Å²) < 4.78 is 13.9. The molecule has 188 valence electrons. The zero-order valence-corrected chi connectivity index (χ0v) is 21.1. The maximum Gasteiger partial charge on any atom is 0.267 e. The number of hydrogen-bond acceptors (Lipinski definition) is 6. The first-order chi connectivity index (χ1) is 17.4. The van der Waals surface area contributed by atoms with Crippen LogP contribution in [0.1, 0.15) is 41.3 Å². The number of nitrogens with one attached hydrogen (secondary N) is 2. The van der Waals surface area contributed by atoms with Crippen molar-refractivity contribution in [3.63, 3.8) is 0 Å². The average molecular weight is 490 g/mol. The van der Waals surface area contributed by atoms with E-state index in [-0.39, 0.29) is 22.5 Å². The fourth-order valence-electron chi connectivity index (χ4n) is 4.24. The highest BCUT2D eigenvalue weighted by Gasteiger charge is 2.18. The van der Waals surface area contributed by atoms with Crippen LogP contribution in [-0.2, 0) is 13.0 Å². The minimum Gasteiger partial charge on any atom is -0.493 e. The third kappa shape index (κ3) is 4.68. The lowest BCUT2D eigenvalue weighted by Crippen LogP contribution is -2.35. The number of rotatable bonds is 9. The maximum atomic E-state index is 13.5. The SMILES string of the molecule is CCCCNC(=O)c1cc2c(=O)n3cccc(C)c3nc2n(CCc2ccc(OC)c(OC)c2)c1=N. The van der Waals surface area contributed by atoms with E-state index in [4.69, 9.17) is 19.9 Å². The molecule has 0 unspecified atom stereocenters. The van der Waals surface area contributed by atoms with Crippen molar-refractivity contribution in [1.82, 2.24) is 19.3 Å². The lowest BCUT2D eigenvalue weighted by atomic mass is 10.1. The summed E-state index contributed by atoms with van der Waals surface area (Å²) in [7, 11) is 3.16. The molecule has 3 heterocycles. The average Bonchev–Trinajstić information content (AvgIpc) is 2.88. The molecule has 0 saturated carbocycles. The molecule has 9 heteroatoms. The predicted molar refractivity (Wildman–Crippen MR) is 138 cm³/mol. The van der Waals surface area contributed by atoms with Crippen LogP contribution in [0.4, 0.5) is 0 Å². The Morgan fingerprint density at radius 2 is 1.89 bits per heavy atom. The van der Waals surface area contributed by atoms with Crippen LogP contribution in [-0.4, -0.2) is 40.6 Å². The minimum absolute atomic E-state index is 0.0156. The van der Waals surface area contributed by atoms with Crippen molar-refractivity contribution in [3.05, 3.63) is 75.1 Å². The Morgan fingerprint density at radius 1 is 1.11 bits per heavy atom. The van der Waals surface area contributed by atoms with Gasteiger partial charge >= 0.3 is 0 Å². The second kappa shape index (κ2) is 10.6. The van der Waals surface area contributed by atoms with Crippen LogP contribution < -0.4 is 25.8 Å². The number of amides is 1. The van der Waals surface area contributed by atoms with Gasteiger partial charge in [0.1, 0.15) is 16.8 Å². The Kier molecular flexibility index (Phi) is 7.38. The van der Waals surface area contributed by atoms with Gasteiger partial charge in [-0.05, 0) is 55.2 Å². The zero-order chi connectivity index (χ0) is 25.8. The standard InChI is InChI=1S/C27H31N5O4/c1-5-6-12-29-26(33)19-16-20-25(30-24-17(2)8-7-13-32(24)27(20)34)31(23(19)28)14-11-18-9-10-21(35-3)22(15-18)36-4/h7-10,13,15-16,28H,5-6,11-12,14H2,1-4H3,(H,29,33). The van der Waals surface area contributed by atoms with E-state index in [1.165, 1.54) is 10.5 Å². The summed E-state index contributed by atoms with van der Waals surface area (Å²) in [6.45, 7) is 4.78. The summed E-state index contributed by atoms with van der Waals surface area (Å²) in [6, 6.07) is 10.8. The highest BCUT2D eigenvalue weighted by Crippen LogP contribution is 2.28. The summed E-state index contributed by atoms with van der Waals surface area (Å²) in [6.07, 6.45) is 3.97. The lowest BCUT2D eigenvalue weighted by Gasteiger charge is -2.16. The Balaban J connectivity index is 1.87. The lowest BCUT2D eigenvalue weighted by molar-refractivity contribution is 0.0950. The Morgan fingerprint density at radius 3 is 2.61 bits per heavy atom. The molecule has 0 spiro atoms. The van der Waals surface area contributed by atoms with Crippen molar-refractivity contribution in [2.45, 2.75) is 39.7 Å². The van der Waals surface area contributed by atoms with Gasteiger partial charge < -0.3 is 19.4 Å². The second-order valence-electron chi connectivity index (χ2n) is 8.65. The van der Waals surface area contributed by atoms with Gasteiger partial charge in [0.2, 0.25) is 0 Å². The van der Waals surface area contributed by atoms with E-state index in [2.05, 4.69) is 5.32 Å². The molecule has 0 bridgehead atoms. The molecule has 1 aromatic carbocycles. The number of pyridine rings is 2. The van der Waals surface area contributed by atoms with Gasteiger partial charge in [0.05, 0.1) is 25.2 Å². The number of benzene rings is 1. The summed E-state index contributed by atoms with van der Waals surface area (Å²) in [5.41, 5.74) is 2.59. The highest BCUT2D eigenvalue weighted by atomic mass is 16.5. The monoisotopic (exact) mass is 489 g/mol. The Bertz CT molecular complexity index is 1550. The van der Waals surface area contributed by atoms with Crippen molar-refractivity contribution in [2.75, 3.05) is 20.8 Å². The van der Waals surface area contributed by atoms with E-state index >= 15 is 0 Å². The molecule has 0 aliphatic carbocycles. The molecule has 1 amide bonds. The fraction of sp³-hybridized carbons (Fsp3) is 0.333. The first-order valence-corrected chi connectivity index (χ1v) is 12.0. The molecule has 2 N–H and O–H groups in total. The molecule has 4 aromatic rings. The van der Waals surface area contributed by atoms with E-state index in [1.54, 1.807) is 31.0 Å². The van der Waals surface area contributed by atoms with Gasteiger partial charge in [0.15, 0.2) is 11.5 Å². The third-order valence-corrected chi connectivity index (χ3v) is 6.27. The number of hydrogen-bond donors (Lipinski definition) is 2. The summed E-state index contributed by atoms with van der Waals surface area (Å²) in [5.74, 6) is 0.866. The topological polar surface area (TPSA) is 111 Å². The molecule has 3 aromatic heterocycles. The van der Waals surface area contributed by atoms with Crippen molar-refractivity contribution >= 4 is 22.6 Å². The maximum absolute atomic E-state index is 13.5. The van der Waals surface area contributed by atoms with E-state index in [0.717, 1.165) is 24.0 Å². The number of nitrogens with zero attached hydrogens (tertiary/aromatic N) is 3. The minimum atomic E-state index is -0.371. The summed E-state index contributed by atoms with van der Waals surface area (Å²) in [5, 5.41) is 12.0.